The van der Waals surface area contributed by atoms with Crippen molar-refractivity contribution in [1.29, 1.82) is 0 Å². The Balaban J connectivity index is 1.96. The fourth-order valence-electron chi connectivity index (χ4n) is 2.84. The Kier molecular flexibility index (Phi) is 5.41. The van der Waals surface area contributed by atoms with E-state index in [9.17, 15) is 0 Å². The number of rotatable bonds is 5. The molecule has 0 bridgehead atoms. The molecule has 1 aromatic carbocycles. The third-order valence-electron chi connectivity index (χ3n) is 4.36. The Morgan fingerprint density at radius 1 is 1.21 bits per heavy atom. The van der Waals surface area contributed by atoms with Gasteiger partial charge < -0.3 is 4.90 Å². The molecule has 0 radical (unpaired) electrons. The Morgan fingerprint density at radius 2 is 1.95 bits per heavy atom. The molecule has 0 aliphatic carbocycles. The van der Waals surface area contributed by atoms with Crippen molar-refractivity contribution < 1.29 is 0 Å². The molecule has 19 heavy (non-hydrogen) atoms. The lowest BCUT2D eigenvalue weighted by molar-refractivity contribution is 0.0971. The van der Waals surface area contributed by atoms with Crippen LogP contribution in [0.5, 0.6) is 0 Å². The highest BCUT2D eigenvalue weighted by atomic mass is 15.2. The molecule has 1 aliphatic rings. The van der Waals surface area contributed by atoms with E-state index in [1.807, 2.05) is 0 Å². The third kappa shape index (κ3) is 4.32. The van der Waals surface area contributed by atoms with E-state index in [1.54, 1.807) is 0 Å². The third-order valence-corrected chi connectivity index (χ3v) is 4.36. The molecule has 106 valence electrons. The Morgan fingerprint density at radius 3 is 2.63 bits per heavy atom. The predicted molar refractivity (Wildman–Crippen MR) is 82.3 cm³/mol. The normalized spacial score (nSPS) is 21.2. The van der Waals surface area contributed by atoms with Crippen LogP contribution in [0.2, 0.25) is 0 Å². The minimum absolute atomic E-state index is 0.639. The summed E-state index contributed by atoms with van der Waals surface area (Å²) in [6.45, 7) is 8.13. The molecule has 1 atom stereocenters. The van der Waals surface area contributed by atoms with Gasteiger partial charge in [-0.15, -0.1) is 0 Å². The van der Waals surface area contributed by atoms with Gasteiger partial charge in [0.05, 0.1) is 0 Å². The molecular formula is C17H28N2. The summed E-state index contributed by atoms with van der Waals surface area (Å²) in [7, 11) is 2.25. The maximum atomic E-state index is 2.68. The second-order valence-electron chi connectivity index (χ2n) is 6.14. The molecule has 1 aliphatic heterocycles. The molecule has 1 saturated heterocycles. The summed E-state index contributed by atoms with van der Waals surface area (Å²) < 4.78 is 0. The fraction of sp³-hybridized carbons (Fsp3) is 0.647. The van der Waals surface area contributed by atoms with Gasteiger partial charge in [-0.2, -0.15) is 0 Å². The molecule has 0 saturated carbocycles. The van der Waals surface area contributed by atoms with E-state index in [-0.39, 0.29) is 0 Å². The number of piperidine rings is 1. The highest BCUT2D eigenvalue weighted by molar-refractivity contribution is 5.14. The van der Waals surface area contributed by atoms with Crippen LogP contribution in [-0.4, -0.2) is 42.0 Å². The largest absolute Gasteiger partial charge is 0.302 e. The molecule has 0 amide bonds. The molecule has 0 aromatic heterocycles. The molecular weight excluding hydrogens is 232 g/mol. The summed E-state index contributed by atoms with van der Waals surface area (Å²) in [5.74, 6) is 0. The van der Waals surface area contributed by atoms with Crippen LogP contribution in [0.25, 0.3) is 0 Å². The summed E-state index contributed by atoms with van der Waals surface area (Å²) in [5, 5.41) is 0. The van der Waals surface area contributed by atoms with Crippen LogP contribution in [0.4, 0.5) is 0 Å². The van der Waals surface area contributed by atoms with Gasteiger partial charge in [-0.05, 0) is 45.8 Å². The number of hydrogen-bond acceptors (Lipinski definition) is 2. The van der Waals surface area contributed by atoms with E-state index >= 15 is 0 Å². The van der Waals surface area contributed by atoms with Gasteiger partial charge >= 0.3 is 0 Å². The number of nitrogens with zero attached hydrogens (tertiary/aromatic N) is 2. The van der Waals surface area contributed by atoms with Crippen LogP contribution in [0, 0.1) is 0 Å². The van der Waals surface area contributed by atoms with Crippen LogP contribution in [-0.2, 0) is 6.54 Å². The summed E-state index contributed by atoms with van der Waals surface area (Å²) in [6.07, 6.45) is 4.10. The minimum atomic E-state index is 0.639. The van der Waals surface area contributed by atoms with Crippen molar-refractivity contribution in [2.45, 2.75) is 51.7 Å². The van der Waals surface area contributed by atoms with Gasteiger partial charge in [0.25, 0.3) is 0 Å². The van der Waals surface area contributed by atoms with Gasteiger partial charge in [-0.1, -0.05) is 36.8 Å². The summed E-state index contributed by atoms with van der Waals surface area (Å²) in [6, 6.07) is 12.3. The first-order chi connectivity index (χ1) is 9.16. The van der Waals surface area contributed by atoms with Crippen LogP contribution >= 0.6 is 0 Å². The number of hydrogen-bond donors (Lipinski definition) is 0. The van der Waals surface area contributed by atoms with Crippen molar-refractivity contribution in [3.63, 3.8) is 0 Å². The second-order valence-corrected chi connectivity index (χ2v) is 6.14. The van der Waals surface area contributed by atoms with E-state index < -0.39 is 0 Å². The van der Waals surface area contributed by atoms with Crippen molar-refractivity contribution in [3.05, 3.63) is 35.9 Å². The zero-order valence-corrected chi connectivity index (χ0v) is 12.7. The maximum absolute atomic E-state index is 2.68. The second kappa shape index (κ2) is 7.06. The Hall–Kier alpha value is -0.860. The zero-order chi connectivity index (χ0) is 13.7. The van der Waals surface area contributed by atoms with Crippen molar-refractivity contribution in [2.75, 3.05) is 20.1 Å². The molecule has 2 nitrogen and oxygen atoms in total. The van der Waals surface area contributed by atoms with E-state index in [2.05, 4.69) is 61.0 Å². The molecule has 0 spiro atoms. The van der Waals surface area contributed by atoms with Gasteiger partial charge in [0.2, 0.25) is 0 Å². The predicted octanol–water partition coefficient (Wildman–Crippen LogP) is 3.38. The van der Waals surface area contributed by atoms with Crippen molar-refractivity contribution >= 4 is 0 Å². The zero-order valence-electron chi connectivity index (χ0n) is 12.7. The van der Waals surface area contributed by atoms with Gasteiger partial charge in [0.15, 0.2) is 0 Å². The van der Waals surface area contributed by atoms with Gasteiger partial charge in [0.1, 0.15) is 0 Å². The number of likely N-dealkylation sites (N-methyl/N-ethyl adjacent to an activating group) is 1. The van der Waals surface area contributed by atoms with E-state index in [1.165, 1.54) is 37.9 Å². The summed E-state index contributed by atoms with van der Waals surface area (Å²) in [5.41, 5.74) is 1.45. The molecule has 1 unspecified atom stereocenters. The van der Waals surface area contributed by atoms with Crippen molar-refractivity contribution in [3.8, 4) is 0 Å². The topological polar surface area (TPSA) is 6.48 Å². The highest BCUT2D eigenvalue weighted by Gasteiger charge is 2.24. The Labute approximate surface area is 118 Å². The smallest absolute Gasteiger partial charge is 0.0237 e. The summed E-state index contributed by atoms with van der Waals surface area (Å²) >= 11 is 0. The van der Waals surface area contributed by atoms with Crippen molar-refractivity contribution in [2.24, 2.45) is 0 Å². The first-order valence-electron chi connectivity index (χ1n) is 7.65. The monoisotopic (exact) mass is 260 g/mol. The lowest BCUT2D eigenvalue weighted by Gasteiger charge is -2.38. The first kappa shape index (κ1) is 14.5. The van der Waals surface area contributed by atoms with Crippen LogP contribution in [0.1, 0.15) is 38.7 Å². The van der Waals surface area contributed by atoms with E-state index in [0.717, 1.165) is 12.6 Å². The summed E-state index contributed by atoms with van der Waals surface area (Å²) in [4.78, 5) is 5.16. The maximum Gasteiger partial charge on any atom is 0.0237 e. The van der Waals surface area contributed by atoms with Crippen LogP contribution in [0.3, 0.4) is 0 Å². The number of likely N-dealkylation sites (tertiary alicyclic amines) is 1. The molecule has 1 fully saturated rings. The van der Waals surface area contributed by atoms with Crippen molar-refractivity contribution in [1.82, 2.24) is 9.80 Å². The highest BCUT2D eigenvalue weighted by Crippen LogP contribution is 2.20. The average Bonchev–Trinajstić information content (AvgIpc) is 2.42. The Bertz CT molecular complexity index is 361. The van der Waals surface area contributed by atoms with Crippen LogP contribution in [0.15, 0.2) is 30.3 Å². The quantitative estimate of drug-likeness (QED) is 0.801. The SMILES string of the molecule is CC(C)N(C)CC1CCCCN1Cc1ccccc1. The van der Waals surface area contributed by atoms with E-state index in [0.29, 0.717) is 6.04 Å². The molecule has 1 aromatic rings. The standard InChI is InChI=1S/C17H28N2/c1-15(2)18(3)14-17-11-7-8-12-19(17)13-16-9-5-4-6-10-16/h4-6,9-10,15,17H,7-8,11-14H2,1-3H3. The fourth-order valence-corrected chi connectivity index (χ4v) is 2.84. The van der Waals surface area contributed by atoms with Gasteiger partial charge in [-0.3, -0.25) is 4.90 Å². The molecule has 1 heterocycles. The molecule has 0 N–H and O–H groups in total. The van der Waals surface area contributed by atoms with Gasteiger partial charge in [-0.25, -0.2) is 0 Å². The lowest BCUT2D eigenvalue weighted by Crippen LogP contribution is -2.46. The van der Waals surface area contributed by atoms with Gasteiger partial charge in [0, 0.05) is 25.2 Å². The minimum Gasteiger partial charge on any atom is -0.302 e. The lowest BCUT2D eigenvalue weighted by atomic mass is 10.0. The molecule has 2 rings (SSSR count). The average molecular weight is 260 g/mol. The molecule has 2 heteroatoms. The van der Waals surface area contributed by atoms with E-state index in [4.69, 9.17) is 0 Å². The number of benzene rings is 1. The first-order valence-corrected chi connectivity index (χ1v) is 7.65. The van der Waals surface area contributed by atoms with Crippen LogP contribution < -0.4 is 0 Å².